The molecule has 1 saturated heterocycles. The van der Waals surface area contributed by atoms with Gasteiger partial charge >= 0.3 is 0 Å². The highest BCUT2D eigenvalue weighted by Gasteiger charge is 2.34. The molecule has 3 rings (SSSR count). The summed E-state index contributed by atoms with van der Waals surface area (Å²) in [5.41, 5.74) is 2.70. The average Bonchev–Trinajstić information content (AvgIpc) is 2.61. The first-order chi connectivity index (χ1) is 8.29. The van der Waals surface area contributed by atoms with Crippen molar-refractivity contribution in [3.05, 3.63) is 36.0 Å². The number of hydrogen-bond donors (Lipinski definition) is 0. The Morgan fingerprint density at radius 2 is 2.12 bits per heavy atom. The Kier molecular flexibility index (Phi) is 2.58. The Morgan fingerprint density at radius 3 is 2.88 bits per heavy atom. The lowest BCUT2D eigenvalue weighted by Gasteiger charge is -2.30. The zero-order chi connectivity index (χ0) is 11.8. The molecule has 2 atom stereocenters. The van der Waals surface area contributed by atoms with E-state index >= 15 is 0 Å². The van der Waals surface area contributed by atoms with Gasteiger partial charge in [0.2, 0.25) is 0 Å². The van der Waals surface area contributed by atoms with E-state index in [4.69, 9.17) is 4.74 Å². The van der Waals surface area contributed by atoms with Gasteiger partial charge in [-0.15, -0.1) is 0 Å². The Labute approximate surface area is 103 Å². The molecule has 0 spiro atoms. The van der Waals surface area contributed by atoms with Crippen molar-refractivity contribution in [1.29, 1.82) is 0 Å². The number of rotatable bonds is 2. The molecule has 0 N–H and O–H groups in total. The van der Waals surface area contributed by atoms with E-state index in [-0.39, 0.29) is 0 Å². The monoisotopic (exact) mass is 229 g/mol. The third kappa shape index (κ3) is 1.72. The second-order valence-corrected chi connectivity index (χ2v) is 5.09. The van der Waals surface area contributed by atoms with Crippen LogP contribution >= 0.6 is 0 Å². The second-order valence-electron chi connectivity index (χ2n) is 5.09. The first-order valence-corrected chi connectivity index (χ1v) is 6.39. The number of methoxy groups -OCH3 is 1. The molecule has 0 aromatic heterocycles. The summed E-state index contributed by atoms with van der Waals surface area (Å²) >= 11 is 0. The number of benzene rings is 1. The summed E-state index contributed by atoms with van der Waals surface area (Å²) in [6, 6.07) is 9.05. The van der Waals surface area contributed by atoms with Crippen LogP contribution in [0.2, 0.25) is 0 Å². The van der Waals surface area contributed by atoms with Crippen LogP contribution in [0, 0.1) is 5.92 Å². The fourth-order valence-corrected chi connectivity index (χ4v) is 3.11. The molecular weight excluding hydrogens is 210 g/mol. The van der Waals surface area contributed by atoms with Crippen molar-refractivity contribution in [1.82, 2.24) is 4.90 Å². The summed E-state index contributed by atoms with van der Waals surface area (Å²) in [5, 5.41) is 0. The Morgan fingerprint density at radius 1 is 1.29 bits per heavy atom. The van der Waals surface area contributed by atoms with Crippen molar-refractivity contribution in [3.63, 3.8) is 0 Å². The van der Waals surface area contributed by atoms with E-state index < -0.39 is 0 Å². The van der Waals surface area contributed by atoms with Crippen LogP contribution in [0.5, 0.6) is 5.75 Å². The summed E-state index contributed by atoms with van der Waals surface area (Å²) in [6.45, 7) is 3.55. The average molecular weight is 229 g/mol. The summed E-state index contributed by atoms with van der Waals surface area (Å²) in [7, 11) is 1.75. The smallest absolute Gasteiger partial charge is 0.126 e. The highest BCUT2D eigenvalue weighted by Crippen LogP contribution is 2.40. The maximum absolute atomic E-state index is 5.46. The van der Waals surface area contributed by atoms with Crippen LogP contribution in [-0.4, -0.2) is 24.6 Å². The lowest BCUT2D eigenvalue weighted by atomic mass is 9.88. The molecule has 1 fully saturated rings. The molecule has 0 amide bonds. The standard InChI is InChI=1S/C15H19NO/c1-11-12-7-8-16(11)10-13(9-12)14-5-3-4-6-15(14)17-2/h3-6,10-12H,7-9H2,1-2H3. The van der Waals surface area contributed by atoms with Crippen LogP contribution in [0.3, 0.4) is 0 Å². The molecule has 90 valence electrons. The molecule has 2 aliphatic rings. The quantitative estimate of drug-likeness (QED) is 0.772. The van der Waals surface area contributed by atoms with Crippen LogP contribution in [0.1, 0.15) is 25.3 Å². The summed E-state index contributed by atoms with van der Waals surface area (Å²) < 4.78 is 5.46. The fourth-order valence-electron chi connectivity index (χ4n) is 3.11. The highest BCUT2D eigenvalue weighted by molar-refractivity contribution is 5.71. The molecule has 17 heavy (non-hydrogen) atoms. The van der Waals surface area contributed by atoms with Crippen molar-refractivity contribution in [2.24, 2.45) is 5.92 Å². The van der Waals surface area contributed by atoms with Gasteiger partial charge in [0, 0.05) is 24.4 Å². The Balaban J connectivity index is 1.98. The predicted octanol–water partition coefficient (Wildman–Crippen LogP) is 3.15. The highest BCUT2D eigenvalue weighted by atomic mass is 16.5. The number of para-hydroxylation sites is 1. The normalized spacial score (nSPS) is 26.9. The lowest BCUT2D eigenvalue weighted by Crippen LogP contribution is -2.29. The van der Waals surface area contributed by atoms with Crippen molar-refractivity contribution in [3.8, 4) is 5.75 Å². The summed E-state index contributed by atoms with van der Waals surface area (Å²) in [6.07, 6.45) is 4.86. The lowest BCUT2D eigenvalue weighted by molar-refractivity contribution is 0.312. The van der Waals surface area contributed by atoms with Gasteiger partial charge in [0.25, 0.3) is 0 Å². The minimum absolute atomic E-state index is 0.716. The predicted molar refractivity (Wildman–Crippen MR) is 69.9 cm³/mol. The van der Waals surface area contributed by atoms with Crippen LogP contribution in [0.4, 0.5) is 0 Å². The van der Waals surface area contributed by atoms with E-state index in [1.165, 1.54) is 30.5 Å². The molecule has 2 heteroatoms. The van der Waals surface area contributed by atoms with Crippen LogP contribution in [0.15, 0.2) is 30.5 Å². The number of allylic oxidation sites excluding steroid dienone is 1. The summed E-state index contributed by atoms with van der Waals surface area (Å²) in [5.74, 6) is 1.81. The van der Waals surface area contributed by atoms with Gasteiger partial charge in [-0.3, -0.25) is 0 Å². The maximum atomic E-state index is 5.46. The molecule has 2 unspecified atom stereocenters. The molecule has 2 heterocycles. The number of ether oxygens (including phenoxy) is 1. The van der Waals surface area contributed by atoms with E-state index in [9.17, 15) is 0 Å². The zero-order valence-electron chi connectivity index (χ0n) is 10.5. The molecule has 1 aromatic carbocycles. The van der Waals surface area contributed by atoms with E-state index in [1.54, 1.807) is 7.11 Å². The van der Waals surface area contributed by atoms with Crippen molar-refractivity contribution in [2.75, 3.05) is 13.7 Å². The molecule has 0 aliphatic carbocycles. The molecule has 0 radical (unpaired) electrons. The molecule has 2 nitrogen and oxygen atoms in total. The fraction of sp³-hybridized carbons (Fsp3) is 0.467. The third-order valence-corrected chi connectivity index (χ3v) is 4.22. The zero-order valence-corrected chi connectivity index (χ0v) is 10.5. The molecule has 1 aromatic rings. The SMILES string of the molecule is COc1ccccc1C1=CN2CCC(C1)C2C. The molecule has 2 bridgehead atoms. The van der Waals surface area contributed by atoms with Gasteiger partial charge in [-0.2, -0.15) is 0 Å². The van der Waals surface area contributed by atoms with Gasteiger partial charge in [-0.05, 0) is 37.3 Å². The van der Waals surface area contributed by atoms with E-state index in [0.717, 1.165) is 11.7 Å². The second kappa shape index (κ2) is 4.10. The molecular formula is C15H19NO. The van der Waals surface area contributed by atoms with Crippen LogP contribution < -0.4 is 4.74 Å². The number of fused-ring (bicyclic) bond motifs is 2. The van der Waals surface area contributed by atoms with Crippen LogP contribution in [-0.2, 0) is 0 Å². The molecule has 0 saturated carbocycles. The molecule has 2 aliphatic heterocycles. The van der Waals surface area contributed by atoms with E-state index in [2.05, 4.69) is 30.2 Å². The summed E-state index contributed by atoms with van der Waals surface area (Å²) in [4.78, 5) is 2.48. The van der Waals surface area contributed by atoms with Crippen molar-refractivity contribution < 1.29 is 4.74 Å². The minimum atomic E-state index is 0.716. The maximum Gasteiger partial charge on any atom is 0.126 e. The van der Waals surface area contributed by atoms with Gasteiger partial charge in [0.1, 0.15) is 5.75 Å². The first-order valence-electron chi connectivity index (χ1n) is 6.39. The van der Waals surface area contributed by atoms with Crippen LogP contribution in [0.25, 0.3) is 5.57 Å². The minimum Gasteiger partial charge on any atom is -0.496 e. The van der Waals surface area contributed by atoms with Crippen molar-refractivity contribution >= 4 is 5.57 Å². The topological polar surface area (TPSA) is 12.5 Å². The van der Waals surface area contributed by atoms with Gasteiger partial charge in [-0.25, -0.2) is 0 Å². The number of hydrogen-bond acceptors (Lipinski definition) is 2. The van der Waals surface area contributed by atoms with Gasteiger partial charge < -0.3 is 9.64 Å². The third-order valence-electron chi connectivity index (χ3n) is 4.22. The number of nitrogens with zero attached hydrogens (tertiary/aromatic N) is 1. The van der Waals surface area contributed by atoms with Crippen molar-refractivity contribution in [2.45, 2.75) is 25.8 Å². The first kappa shape index (κ1) is 10.7. The van der Waals surface area contributed by atoms with E-state index in [0.29, 0.717) is 6.04 Å². The van der Waals surface area contributed by atoms with Gasteiger partial charge in [0.05, 0.1) is 7.11 Å². The van der Waals surface area contributed by atoms with Gasteiger partial charge in [0.15, 0.2) is 0 Å². The largest absolute Gasteiger partial charge is 0.496 e. The Hall–Kier alpha value is -1.44. The van der Waals surface area contributed by atoms with E-state index in [1.807, 2.05) is 12.1 Å². The van der Waals surface area contributed by atoms with Gasteiger partial charge in [-0.1, -0.05) is 18.2 Å². The Bertz CT molecular complexity index is 452.